The lowest BCUT2D eigenvalue weighted by Gasteiger charge is -2.21. The fourth-order valence-corrected chi connectivity index (χ4v) is 3.11. The zero-order valence-corrected chi connectivity index (χ0v) is 15.5. The fourth-order valence-electron chi connectivity index (χ4n) is 3.11. The first-order valence-corrected chi connectivity index (χ1v) is 8.45. The van der Waals surface area contributed by atoms with E-state index in [1.54, 1.807) is 32.1 Å². The number of methoxy groups -OCH3 is 2. The molecule has 26 heavy (non-hydrogen) atoms. The van der Waals surface area contributed by atoms with Crippen LogP contribution in [0.3, 0.4) is 0 Å². The van der Waals surface area contributed by atoms with Crippen molar-refractivity contribution < 1.29 is 24.2 Å². The summed E-state index contributed by atoms with van der Waals surface area (Å²) in [6.45, 7) is 6.37. The van der Waals surface area contributed by atoms with Crippen molar-refractivity contribution in [3.8, 4) is 11.5 Å². The Morgan fingerprint density at radius 1 is 1.38 bits per heavy atom. The molecular weight excluding hydrogens is 336 g/mol. The first-order chi connectivity index (χ1) is 12.3. The van der Waals surface area contributed by atoms with E-state index in [0.717, 1.165) is 11.1 Å². The third-order valence-electron chi connectivity index (χ3n) is 4.70. The molecule has 1 aromatic carbocycles. The predicted molar refractivity (Wildman–Crippen MR) is 97.6 cm³/mol. The van der Waals surface area contributed by atoms with Gasteiger partial charge in [0, 0.05) is 25.2 Å². The van der Waals surface area contributed by atoms with Crippen LogP contribution in [0.5, 0.6) is 11.5 Å². The van der Waals surface area contributed by atoms with Gasteiger partial charge in [-0.1, -0.05) is 6.08 Å². The third kappa shape index (κ3) is 4.09. The van der Waals surface area contributed by atoms with Crippen molar-refractivity contribution in [3.05, 3.63) is 35.9 Å². The van der Waals surface area contributed by atoms with Crippen molar-refractivity contribution in [2.45, 2.75) is 26.3 Å². The number of benzene rings is 1. The summed E-state index contributed by atoms with van der Waals surface area (Å²) in [6, 6.07) is 3.49. The van der Waals surface area contributed by atoms with E-state index < -0.39 is 11.4 Å². The van der Waals surface area contributed by atoms with Crippen molar-refractivity contribution >= 4 is 12.0 Å². The third-order valence-corrected chi connectivity index (χ3v) is 4.70. The van der Waals surface area contributed by atoms with Crippen LogP contribution < -0.4 is 14.8 Å². The van der Waals surface area contributed by atoms with Gasteiger partial charge in [0.1, 0.15) is 0 Å². The van der Waals surface area contributed by atoms with Gasteiger partial charge in [-0.2, -0.15) is 0 Å². The molecule has 1 aliphatic heterocycles. The summed E-state index contributed by atoms with van der Waals surface area (Å²) < 4.78 is 10.8. The second kappa shape index (κ2) is 8.12. The predicted octanol–water partition coefficient (Wildman–Crippen LogP) is 2.44. The van der Waals surface area contributed by atoms with E-state index in [2.05, 4.69) is 11.9 Å². The second-order valence-electron chi connectivity index (χ2n) is 6.68. The fraction of sp³-hybridized carbons (Fsp3) is 0.474. The molecule has 1 fully saturated rings. The number of urea groups is 1. The summed E-state index contributed by atoms with van der Waals surface area (Å²) in [5, 5.41) is 12.1. The van der Waals surface area contributed by atoms with Crippen LogP contribution in [0.4, 0.5) is 4.79 Å². The van der Waals surface area contributed by atoms with E-state index in [-0.39, 0.29) is 12.6 Å². The number of hydrogen-bond acceptors (Lipinski definition) is 4. The van der Waals surface area contributed by atoms with E-state index in [9.17, 15) is 14.7 Å². The highest BCUT2D eigenvalue weighted by Crippen LogP contribution is 2.33. The van der Waals surface area contributed by atoms with Gasteiger partial charge in [-0.05, 0) is 37.5 Å². The standard InChI is InChI=1S/C19H26N2O5/c1-5-6-14-9-13(10-15(25-3)16(14)26-4)11-20-18(24)21-8-7-19(2,12-21)17(22)23/h5,9-10H,1,6-8,11-12H2,2-4H3,(H,20,24)(H,22,23). The first kappa shape index (κ1) is 19.6. The SMILES string of the molecule is C=CCc1cc(CNC(=O)N2CCC(C)(C(=O)O)C2)cc(OC)c1OC. The van der Waals surface area contributed by atoms with E-state index >= 15 is 0 Å². The summed E-state index contributed by atoms with van der Waals surface area (Å²) >= 11 is 0. The second-order valence-corrected chi connectivity index (χ2v) is 6.68. The highest BCUT2D eigenvalue weighted by Gasteiger charge is 2.42. The van der Waals surface area contributed by atoms with Crippen LogP contribution in [0.15, 0.2) is 24.8 Å². The molecule has 0 radical (unpaired) electrons. The van der Waals surface area contributed by atoms with Crippen molar-refractivity contribution in [3.63, 3.8) is 0 Å². The van der Waals surface area contributed by atoms with Gasteiger partial charge in [0.25, 0.3) is 0 Å². The average Bonchev–Trinajstić information content (AvgIpc) is 3.03. The van der Waals surface area contributed by atoms with Gasteiger partial charge in [-0.25, -0.2) is 4.79 Å². The maximum atomic E-state index is 12.4. The van der Waals surface area contributed by atoms with Gasteiger partial charge in [0.15, 0.2) is 11.5 Å². The highest BCUT2D eigenvalue weighted by molar-refractivity contribution is 5.79. The number of carbonyl (C=O) groups excluding carboxylic acids is 1. The van der Waals surface area contributed by atoms with Gasteiger partial charge in [0.2, 0.25) is 0 Å². The van der Waals surface area contributed by atoms with Crippen LogP contribution in [0.25, 0.3) is 0 Å². The first-order valence-electron chi connectivity index (χ1n) is 8.45. The summed E-state index contributed by atoms with van der Waals surface area (Å²) in [5.74, 6) is 0.372. The number of nitrogens with one attached hydrogen (secondary N) is 1. The lowest BCUT2D eigenvalue weighted by molar-refractivity contribution is -0.147. The Hall–Kier alpha value is -2.70. The largest absolute Gasteiger partial charge is 0.493 e. The molecule has 2 rings (SSSR count). The molecule has 1 atom stereocenters. The number of likely N-dealkylation sites (tertiary alicyclic amines) is 1. The zero-order valence-electron chi connectivity index (χ0n) is 15.5. The lowest BCUT2D eigenvalue weighted by atomic mass is 9.90. The Bertz CT molecular complexity index is 703. The van der Waals surface area contributed by atoms with Crippen LogP contribution >= 0.6 is 0 Å². The molecule has 0 aliphatic carbocycles. The maximum absolute atomic E-state index is 12.4. The monoisotopic (exact) mass is 362 g/mol. The van der Waals surface area contributed by atoms with Gasteiger partial charge in [0.05, 0.1) is 19.6 Å². The molecular formula is C19H26N2O5. The molecule has 1 aromatic rings. The van der Waals surface area contributed by atoms with E-state index in [4.69, 9.17) is 9.47 Å². The Kier molecular flexibility index (Phi) is 6.13. The van der Waals surface area contributed by atoms with Crippen molar-refractivity contribution in [2.24, 2.45) is 5.41 Å². The van der Waals surface area contributed by atoms with Crippen molar-refractivity contribution in [1.82, 2.24) is 10.2 Å². The summed E-state index contributed by atoms with van der Waals surface area (Å²) in [6.07, 6.45) is 2.84. The van der Waals surface area contributed by atoms with E-state index in [1.165, 1.54) is 0 Å². The molecule has 1 saturated heterocycles. The minimum Gasteiger partial charge on any atom is -0.493 e. The van der Waals surface area contributed by atoms with E-state index in [0.29, 0.717) is 37.4 Å². The summed E-state index contributed by atoms with van der Waals surface area (Å²) in [5.41, 5.74) is 0.913. The maximum Gasteiger partial charge on any atom is 0.317 e. The minimum absolute atomic E-state index is 0.210. The van der Waals surface area contributed by atoms with Gasteiger partial charge in [-0.3, -0.25) is 4.79 Å². The molecule has 0 spiro atoms. The summed E-state index contributed by atoms with van der Waals surface area (Å²) in [7, 11) is 3.15. The number of allylic oxidation sites excluding steroid dienone is 1. The van der Waals surface area contributed by atoms with Gasteiger partial charge >= 0.3 is 12.0 Å². The normalized spacial score (nSPS) is 19.1. The van der Waals surface area contributed by atoms with E-state index in [1.807, 2.05) is 12.1 Å². The number of hydrogen-bond donors (Lipinski definition) is 2. The smallest absolute Gasteiger partial charge is 0.317 e. The lowest BCUT2D eigenvalue weighted by Crippen LogP contribution is -2.40. The van der Waals surface area contributed by atoms with Gasteiger partial charge < -0.3 is 24.8 Å². The molecule has 7 nitrogen and oxygen atoms in total. The number of rotatable bonds is 7. The van der Waals surface area contributed by atoms with Crippen LogP contribution in [-0.2, 0) is 17.8 Å². The molecule has 2 N–H and O–H groups in total. The number of ether oxygens (including phenoxy) is 2. The highest BCUT2D eigenvalue weighted by atomic mass is 16.5. The molecule has 7 heteroatoms. The quantitative estimate of drug-likeness (QED) is 0.728. The van der Waals surface area contributed by atoms with Gasteiger partial charge in [-0.15, -0.1) is 6.58 Å². The molecule has 0 aromatic heterocycles. The molecule has 1 aliphatic rings. The molecule has 142 valence electrons. The van der Waals surface area contributed by atoms with Crippen molar-refractivity contribution in [2.75, 3.05) is 27.3 Å². The number of carboxylic acid groups (broad SMARTS) is 1. The molecule has 0 saturated carbocycles. The van der Waals surface area contributed by atoms with Crippen LogP contribution in [0, 0.1) is 5.41 Å². The van der Waals surface area contributed by atoms with Crippen LogP contribution in [0.1, 0.15) is 24.5 Å². The Morgan fingerprint density at radius 3 is 2.65 bits per heavy atom. The summed E-state index contributed by atoms with van der Waals surface area (Å²) in [4.78, 5) is 25.2. The topological polar surface area (TPSA) is 88.1 Å². The number of carbonyl (C=O) groups is 2. The zero-order chi connectivity index (χ0) is 19.3. The average molecular weight is 362 g/mol. The number of amides is 2. The van der Waals surface area contributed by atoms with Crippen LogP contribution in [0.2, 0.25) is 0 Å². The minimum atomic E-state index is -0.877. The molecule has 1 heterocycles. The molecule has 0 bridgehead atoms. The van der Waals surface area contributed by atoms with Crippen molar-refractivity contribution in [1.29, 1.82) is 0 Å². The number of nitrogens with zero attached hydrogens (tertiary/aromatic N) is 1. The molecule has 1 unspecified atom stereocenters. The van der Waals surface area contributed by atoms with Crippen LogP contribution in [-0.4, -0.2) is 49.3 Å². The Labute approximate surface area is 153 Å². The number of carboxylic acids is 1. The Balaban J connectivity index is 2.07. The molecule has 2 amide bonds. The Morgan fingerprint density at radius 2 is 2.12 bits per heavy atom. The number of aliphatic carboxylic acids is 1.